The normalized spacial score (nSPS) is 15.6. The van der Waals surface area contributed by atoms with Gasteiger partial charge in [-0.25, -0.2) is 18.4 Å². The number of hydrogen-bond acceptors (Lipinski definition) is 7. The topological polar surface area (TPSA) is 101 Å². The Hall–Kier alpha value is -4.05. The van der Waals surface area contributed by atoms with Crippen LogP contribution in [0, 0.1) is 11.6 Å². The Kier molecular flexibility index (Phi) is 7.16. The standard InChI is InChI=1S/C26H22F2N2O5S/c1-3-34-25(32)20-19(15-7-11-17(28)12-8-15)21(29)22(26(33)35-4-2)30-23(31)18(36-24(20)30)13-14-5-9-16(27)10-6-14/h5-13,19H,3-4,29H2,1-2H3/b18-13-. The third-order valence-corrected chi connectivity index (χ3v) is 6.59. The number of esters is 2. The number of rotatable bonds is 6. The van der Waals surface area contributed by atoms with Crippen LogP contribution in [-0.2, 0) is 19.1 Å². The monoisotopic (exact) mass is 512 g/mol. The lowest BCUT2D eigenvalue weighted by Crippen LogP contribution is -2.42. The summed E-state index contributed by atoms with van der Waals surface area (Å²) < 4.78 is 38.9. The molecule has 0 aliphatic carbocycles. The Labute approximate surface area is 208 Å². The van der Waals surface area contributed by atoms with E-state index in [-0.39, 0.29) is 39.4 Å². The fourth-order valence-corrected chi connectivity index (χ4v) is 5.10. The van der Waals surface area contributed by atoms with Gasteiger partial charge in [-0.15, -0.1) is 11.3 Å². The second-order valence-electron chi connectivity index (χ2n) is 7.75. The van der Waals surface area contributed by atoms with Crippen LogP contribution in [0.4, 0.5) is 8.78 Å². The van der Waals surface area contributed by atoms with E-state index < -0.39 is 35.1 Å². The van der Waals surface area contributed by atoms with Gasteiger partial charge >= 0.3 is 11.9 Å². The average molecular weight is 513 g/mol. The molecule has 3 aromatic rings. The first kappa shape index (κ1) is 25.1. The highest BCUT2D eigenvalue weighted by Gasteiger charge is 2.38. The summed E-state index contributed by atoms with van der Waals surface area (Å²) >= 11 is 0.958. The molecule has 4 rings (SSSR count). The lowest BCUT2D eigenvalue weighted by atomic mass is 9.86. The highest BCUT2D eigenvalue weighted by Crippen LogP contribution is 2.36. The van der Waals surface area contributed by atoms with Crippen LogP contribution in [-0.4, -0.2) is 29.7 Å². The van der Waals surface area contributed by atoms with Gasteiger partial charge in [0.05, 0.1) is 34.9 Å². The van der Waals surface area contributed by atoms with Crippen molar-refractivity contribution in [2.45, 2.75) is 19.8 Å². The first-order valence-electron chi connectivity index (χ1n) is 11.1. The Balaban J connectivity index is 2.11. The number of fused-ring (bicyclic) bond motifs is 1. The predicted octanol–water partition coefficient (Wildman–Crippen LogP) is 2.22. The molecule has 1 aromatic heterocycles. The van der Waals surface area contributed by atoms with Crippen molar-refractivity contribution in [2.24, 2.45) is 5.73 Å². The van der Waals surface area contributed by atoms with Crippen LogP contribution in [0.25, 0.3) is 17.3 Å². The van der Waals surface area contributed by atoms with E-state index >= 15 is 0 Å². The van der Waals surface area contributed by atoms with Crippen molar-refractivity contribution in [1.29, 1.82) is 0 Å². The highest BCUT2D eigenvalue weighted by atomic mass is 32.1. The first-order chi connectivity index (χ1) is 17.3. The van der Waals surface area contributed by atoms with Crippen LogP contribution in [0.1, 0.15) is 30.9 Å². The lowest BCUT2D eigenvalue weighted by molar-refractivity contribution is -0.137. The summed E-state index contributed by atoms with van der Waals surface area (Å²) in [5, 5.41) is 0. The second kappa shape index (κ2) is 10.3. The van der Waals surface area contributed by atoms with Gasteiger partial charge < -0.3 is 15.2 Å². The summed E-state index contributed by atoms with van der Waals surface area (Å²) in [6.45, 7) is 3.31. The van der Waals surface area contributed by atoms with Gasteiger partial charge in [-0.2, -0.15) is 0 Å². The van der Waals surface area contributed by atoms with Crippen LogP contribution >= 0.6 is 11.3 Å². The van der Waals surface area contributed by atoms with Crippen LogP contribution in [0.15, 0.2) is 59.0 Å². The number of allylic oxidation sites excluding steroid dienone is 1. The van der Waals surface area contributed by atoms with E-state index in [1.54, 1.807) is 13.8 Å². The third-order valence-electron chi connectivity index (χ3n) is 5.49. The molecule has 0 spiro atoms. The van der Waals surface area contributed by atoms with Crippen LogP contribution in [0.2, 0.25) is 0 Å². The van der Waals surface area contributed by atoms with Gasteiger partial charge in [0.25, 0.3) is 5.56 Å². The molecule has 0 amide bonds. The van der Waals surface area contributed by atoms with Crippen molar-refractivity contribution in [3.8, 4) is 0 Å². The quantitative estimate of drug-likeness (QED) is 0.509. The van der Waals surface area contributed by atoms with Crippen molar-refractivity contribution < 1.29 is 27.8 Å². The van der Waals surface area contributed by atoms with E-state index in [2.05, 4.69) is 0 Å². The fourth-order valence-electron chi connectivity index (χ4n) is 3.94. The fraction of sp³-hybridized carbons (Fsp3) is 0.192. The van der Waals surface area contributed by atoms with Crippen molar-refractivity contribution >= 4 is 40.6 Å². The minimum atomic E-state index is -0.999. The Morgan fingerprint density at radius 1 is 0.972 bits per heavy atom. The maximum atomic E-state index is 13.7. The zero-order valence-electron chi connectivity index (χ0n) is 19.4. The van der Waals surface area contributed by atoms with Gasteiger partial charge in [0.2, 0.25) is 0 Å². The van der Waals surface area contributed by atoms with Crippen molar-refractivity contribution in [3.63, 3.8) is 0 Å². The van der Waals surface area contributed by atoms with E-state index in [1.165, 1.54) is 54.6 Å². The smallest absolute Gasteiger partial charge is 0.357 e. The third kappa shape index (κ3) is 4.59. The molecule has 2 N–H and O–H groups in total. The number of carbonyl (C=O) groups excluding carboxylic acids is 2. The molecule has 10 heteroatoms. The largest absolute Gasteiger partial charge is 0.463 e. The maximum absolute atomic E-state index is 13.7. The number of aromatic nitrogens is 1. The van der Waals surface area contributed by atoms with Gasteiger partial charge in [0, 0.05) is 0 Å². The molecule has 0 radical (unpaired) electrons. The molecule has 186 valence electrons. The molecule has 0 saturated carbocycles. The Morgan fingerprint density at radius 3 is 2.11 bits per heavy atom. The molecular formula is C26H22F2N2O5S. The number of carbonyl (C=O) groups is 2. The Bertz CT molecular complexity index is 1540. The van der Waals surface area contributed by atoms with Crippen LogP contribution < -0.4 is 20.5 Å². The molecule has 0 bridgehead atoms. The highest BCUT2D eigenvalue weighted by molar-refractivity contribution is 7.07. The average Bonchev–Trinajstić information content (AvgIpc) is 3.16. The van der Waals surface area contributed by atoms with Gasteiger partial charge in [-0.05, 0) is 55.3 Å². The minimum absolute atomic E-state index is 0.0219. The van der Waals surface area contributed by atoms with E-state index in [9.17, 15) is 23.2 Å². The molecular weight excluding hydrogens is 490 g/mol. The van der Waals surface area contributed by atoms with E-state index in [1.807, 2.05) is 0 Å². The number of nitrogens with two attached hydrogens (primary N) is 1. The number of ether oxygens (including phenoxy) is 2. The SMILES string of the molecule is CCOC(=O)C1=C(N)C(c2ccc(F)cc2)C(C(=O)OCC)=c2s/c(=C\c3ccc(F)cc3)c(=O)n21. The molecule has 2 aromatic carbocycles. The molecule has 0 fully saturated rings. The van der Waals surface area contributed by atoms with Crippen molar-refractivity contribution in [3.05, 3.63) is 96.5 Å². The second-order valence-corrected chi connectivity index (χ2v) is 8.78. The summed E-state index contributed by atoms with van der Waals surface area (Å²) in [6, 6.07) is 10.8. The lowest BCUT2D eigenvalue weighted by Gasteiger charge is -2.26. The summed E-state index contributed by atoms with van der Waals surface area (Å²) in [5.74, 6) is -3.51. The first-order valence-corrected chi connectivity index (χ1v) is 11.9. The molecule has 7 nitrogen and oxygen atoms in total. The van der Waals surface area contributed by atoms with Crippen molar-refractivity contribution in [2.75, 3.05) is 13.2 Å². The minimum Gasteiger partial charge on any atom is -0.463 e. The van der Waals surface area contributed by atoms with Crippen LogP contribution in [0.5, 0.6) is 0 Å². The molecule has 0 saturated heterocycles. The zero-order valence-corrected chi connectivity index (χ0v) is 20.2. The van der Waals surface area contributed by atoms with E-state index in [0.717, 1.165) is 15.9 Å². The summed E-state index contributed by atoms with van der Waals surface area (Å²) in [4.78, 5) is 39.7. The Morgan fingerprint density at radius 2 is 1.53 bits per heavy atom. The van der Waals surface area contributed by atoms with Crippen LogP contribution in [0.3, 0.4) is 0 Å². The summed E-state index contributed by atoms with van der Waals surface area (Å²) in [5.41, 5.74) is 6.52. The molecule has 1 unspecified atom stereocenters. The van der Waals surface area contributed by atoms with Gasteiger partial charge in [0.1, 0.15) is 16.3 Å². The van der Waals surface area contributed by atoms with Crippen molar-refractivity contribution in [1.82, 2.24) is 4.57 Å². The number of hydrogen-bond donors (Lipinski definition) is 1. The van der Waals surface area contributed by atoms with E-state index in [4.69, 9.17) is 15.2 Å². The van der Waals surface area contributed by atoms with Gasteiger partial charge in [0.15, 0.2) is 5.70 Å². The number of nitrogens with zero attached hydrogens (tertiary/aromatic N) is 1. The molecule has 36 heavy (non-hydrogen) atoms. The molecule has 2 heterocycles. The maximum Gasteiger partial charge on any atom is 0.357 e. The van der Waals surface area contributed by atoms with Gasteiger partial charge in [-0.1, -0.05) is 24.3 Å². The molecule has 1 aliphatic heterocycles. The summed E-state index contributed by atoms with van der Waals surface area (Å²) in [6.07, 6.45) is 1.52. The number of benzene rings is 2. The number of thiazole rings is 1. The van der Waals surface area contributed by atoms with E-state index in [0.29, 0.717) is 11.1 Å². The predicted molar refractivity (Wildman–Crippen MR) is 131 cm³/mol. The molecule has 1 atom stereocenters. The zero-order chi connectivity index (χ0) is 26.0. The molecule has 1 aliphatic rings. The number of halogens is 2. The van der Waals surface area contributed by atoms with Gasteiger partial charge in [-0.3, -0.25) is 9.36 Å². The summed E-state index contributed by atoms with van der Waals surface area (Å²) in [7, 11) is 0.